The summed E-state index contributed by atoms with van der Waals surface area (Å²) in [5.74, 6) is -0.0505. The van der Waals surface area contributed by atoms with Gasteiger partial charge in [0, 0.05) is 11.4 Å². The van der Waals surface area contributed by atoms with Crippen molar-refractivity contribution in [2.45, 2.75) is 6.42 Å². The van der Waals surface area contributed by atoms with Crippen LogP contribution in [0, 0.1) is 0 Å². The van der Waals surface area contributed by atoms with E-state index in [0.29, 0.717) is 12.2 Å². The smallest absolute Gasteiger partial charge is 0.238 e. The summed E-state index contributed by atoms with van der Waals surface area (Å²) in [7, 11) is 4.07. The molecule has 0 heterocycles. The molecule has 1 rings (SSSR count). The standard InChI is InChI=1S/C13H22N4O/c1-17(2)8-4-7-15-10-13(18)16-12-6-3-5-11(14)9-12/h3,5-6,9,15H,4,7-8,10,14H2,1-2H3,(H,16,18). The van der Waals surface area contributed by atoms with Gasteiger partial charge in [0.15, 0.2) is 0 Å². The number of carbonyl (C=O) groups excluding carboxylic acids is 1. The molecule has 100 valence electrons. The van der Waals surface area contributed by atoms with Gasteiger partial charge in [0.25, 0.3) is 0 Å². The van der Waals surface area contributed by atoms with Gasteiger partial charge in [0.05, 0.1) is 6.54 Å². The zero-order valence-electron chi connectivity index (χ0n) is 11.1. The minimum atomic E-state index is -0.0505. The van der Waals surface area contributed by atoms with Crippen molar-refractivity contribution < 1.29 is 4.79 Å². The fourth-order valence-electron chi connectivity index (χ4n) is 1.54. The lowest BCUT2D eigenvalue weighted by molar-refractivity contribution is -0.115. The van der Waals surface area contributed by atoms with E-state index in [1.54, 1.807) is 12.1 Å². The lowest BCUT2D eigenvalue weighted by Crippen LogP contribution is -2.30. The lowest BCUT2D eigenvalue weighted by atomic mass is 10.3. The highest BCUT2D eigenvalue weighted by atomic mass is 16.1. The third-order valence-corrected chi connectivity index (χ3v) is 2.41. The number of nitrogen functional groups attached to an aromatic ring is 1. The molecule has 18 heavy (non-hydrogen) atoms. The zero-order chi connectivity index (χ0) is 13.4. The zero-order valence-corrected chi connectivity index (χ0v) is 11.1. The Balaban J connectivity index is 2.18. The Hall–Kier alpha value is -1.59. The van der Waals surface area contributed by atoms with Crippen molar-refractivity contribution in [2.24, 2.45) is 0 Å². The van der Waals surface area contributed by atoms with E-state index in [1.807, 2.05) is 26.2 Å². The molecule has 0 spiro atoms. The van der Waals surface area contributed by atoms with Crippen LogP contribution in [0.5, 0.6) is 0 Å². The summed E-state index contributed by atoms with van der Waals surface area (Å²) in [6.07, 6.45) is 1.03. The molecule has 0 radical (unpaired) electrons. The number of rotatable bonds is 7. The summed E-state index contributed by atoms with van der Waals surface area (Å²) >= 11 is 0. The highest BCUT2D eigenvalue weighted by Gasteiger charge is 2.01. The van der Waals surface area contributed by atoms with Crippen molar-refractivity contribution in [3.63, 3.8) is 0 Å². The van der Waals surface area contributed by atoms with Gasteiger partial charge in [-0.1, -0.05) is 6.07 Å². The van der Waals surface area contributed by atoms with E-state index in [4.69, 9.17) is 5.73 Å². The van der Waals surface area contributed by atoms with E-state index in [9.17, 15) is 4.79 Å². The average Bonchev–Trinajstić information content (AvgIpc) is 2.28. The van der Waals surface area contributed by atoms with Crippen LogP contribution in [-0.4, -0.2) is 44.5 Å². The summed E-state index contributed by atoms with van der Waals surface area (Å²) in [5, 5.41) is 5.90. The van der Waals surface area contributed by atoms with Crippen molar-refractivity contribution in [3.8, 4) is 0 Å². The Morgan fingerprint density at radius 2 is 2.17 bits per heavy atom. The van der Waals surface area contributed by atoms with E-state index in [2.05, 4.69) is 15.5 Å². The molecule has 1 aromatic rings. The Morgan fingerprint density at radius 3 is 2.83 bits per heavy atom. The van der Waals surface area contributed by atoms with E-state index in [0.717, 1.165) is 25.2 Å². The third kappa shape index (κ3) is 6.22. The summed E-state index contributed by atoms with van der Waals surface area (Å²) in [6, 6.07) is 7.16. The Morgan fingerprint density at radius 1 is 1.39 bits per heavy atom. The maximum atomic E-state index is 11.6. The summed E-state index contributed by atoms with van der Waals surface area (Å²) in [4.78, 5) is 13.7. The van der Waals surface area contributed by atoms with Gasteiger partial charge in [0.2, 0.25) is 5.91 Å². The fraction of sp³-hybridized carbons (Fsp3) is 0.462. The number of carbonyl (C=O) groups is 1. The monoisotopic (exact) mass is 250 g/mol. The summed E-state index contributed by atoms with van der Waals surface area (Å²) in [5.41, 5.74) is 7.01. The number of nitrogens with zero attached hydrogens (tertiary/aromatic N) is 1. The number of amides is 1. The highest BCUT2D eigenvalue weighted by Crippen LogP contribution is 2.11. The average molecular weight is 250 g/mol. The van der Waals surface area contributed by atoms with E-state index < -0.39 is 0 Å². The van der Waals surface area contributed by atoms with Gasteiger partial charge in [-0.15, -0.1) is 0 Å². The minimum absolute atomic E-state index is 0.0505. The summed E-state index contributed by atoms with van der Waals surface area (Å²) < 4.78 is 0. The molecular weight excluding hydrogens is 228 g/mol. The number of hydrogen-bond acceptors (Lipinski definition) is 4. The number of hydrogen-bond donors (Lipinski definition) is 3. The quantitative estimate of drug-likeness (QED) is 0.493. The molecule has 5 heteroatoms. The molecule has 1 amide bonds. The van der Waals surface area contributed by atoms with Gasteiger partial charge in [-0.3, -0.25) is 4.79 Å². The molecule has 0 bridgehead atoms. The molecule has 0 aliphatic heterocycles. The number of benzene rings is 1. The maximum Gasteiger partial charge on any atom is 0.238 e. The Bertz CT molecular complexity index is 379. The van der Waals surface area contributed by atoms with Crippen LogP contribution in [0.15, 0.2) is 24.3 Å². The predicted molar refractivity (Wildman–Crippen MR) is 75.5 cm³/mol. The van der Waals surface area contributed by atoms with Crippen molar-refractivity contribution in [3.05, 3.63) is 24.3 Å². The van der Waals surface area contributed by atoms with Crippen molar-refractivity contribution >= 4 is 17.3 Å². The third-order valence-electron chi connectivity index (χ3n) is 2.41. The first-order chi connectivity index (χ1) is 8.58. The van der Waals surface area contributed by atoms with Crippen LogP contribution in [0.3, 0.4) is 0 Å². The first-order valence-corrected chi connectivity index (χ1v) is 6.09. The molecule has 0 fully saturated rings. The van der Waals surface area contributed by atoms with Gasteiger partial charge < -0.3 is 21.3 Å². The number of anilines is 2. The highest BCUT2D eigenvalue weighted by molar-refractivity contribution is 5.92. The molecule has 0 saturated heterocycles. The lowest BCUT2D eigenvalue weighted by Gasteiger charge is -2.10. The molecule has 0 aliphatic rings. The van der Waals surface area contributed by atoms with Gasteiger partial charge in [-0.25, -0.2) is 0 Å². The maximum absolute atomic E-state index is 11.6. The van der Waals surface area contributed by atoms with E-state index in [1.165, 1.54) is 0 Å². The van der Waals surface area contributed by atoms with Crippen LogP contribution in [0.25, 0.3) is 0 Å². The topological polar surface area (TPSA) is 70.4 Å². The Labute approximate surface area is 108 Å². The van der Waals surface area contributed by atoms with Crippen molar-refractivity contribution in [1.29, 1.82) is 0 Å². The molecule has 4 N–H and O–H groups in total. The predicted octanol–water partition coefficient (Wildman–Crippen LogP) is 0.749. The first-order valence-electron chi connectivity index (χ1n) is 6.09. The molecule has 0 aliphatic carbocycles. The van der Waals surface area contributed by atoms with Gasteiger partial charge >= 0.3 is 0 Å². The SMILES string of the molecule is CN(C)CCCNCC(=O)Nc1cccc(N)c1. The fourth-order valence-corrected chi connectivity index (χ4v) is 1.54. The molecular formula is C13H22N4O. The van der Waals surface area contributed by atoms with Crippen LogP contribution in [0.4, 0.5) is 11.4 Å². The van der Waals surface area contributed by atoms with Crippen molar-refractivity contribution in [1.82, 2.24) is 10.2 Å². The van der Waals surface area contributed by atoms with Gasteiger partial charge in [0.1, 0.15) is 0 Å². The van der Waals surface area contributed by atoms with E-state index in [-0.39, 0.29) is 5.91 Å². The van der Waals surface area contributed by atoms with Crippen LogP contribution < -0.4 is 16.4 Å². The van der Waals surface area contributed by atoms with Gasteiger partial charge in [-0.05, 0) is 51.8 Å². The van der Waals surface area contributed by atoms with Crippen LogP contribution in [0.2, 0.25) is 0 Å². The molecule has 0 unspecified atom stereocenters. The molecule has 0 atom stereocenters. The second-order valence-electron chi connectivity index (χ2n) is 4.51. The molecule has 5 nitrogen and oxygen atoms in total. The normalized spacial score (nSPS) is 10.6. The second kappa shape index (κ2) is 7.68. The Kier molecular flexibility index (Phi) is 6.18. The van der Waals surface area contributed by atoms with Crippen LogP contribution >= 0.6 is 0 Å². The molecule has 0 aromatic heterocycles. The largest absolute Gasteiger partial charge is 0.399 e. The van der Waals surface area contributed by atoms with Crippen LogP contribution in [-0.2, 0) is 4.79 Å². The molecule has 1 aromatic carbocycles. The van der Waals surface area contributed by atoms with Crippen LogP contribution in [0.1, 0.15) is 6.42 Å². The number of nitrogens with two attached hydrogens (primary N) is 1. The number of nitrogens with one attached hydrogen (secondary N) is 2. The summed E-state index contributed by atoms with van der Waals surface area (Å²) in [6.45, 7) is 2.18. The van der Waals surface area contributed by atoms with Crippen molar-refractivity contribution in [2.75, 3.05) is 44.8 Å². The van der Waals surface area contributed by atoms with E-state index >= 15 is 0 Å². The molecule has 0 saturated carbocycles. The first kappa shape index (κ1) is 14.5. The minimum Gasteiger partial charge on any atom is -0.399 e. The second-order valence-corrected chi connectivity index (χ2v) is 4.51. The van der Waals surface area contributed by atoms with Gasteiger partial charge in [-0.2, -0.15) is 0 Å².